The molecule has 0 unspecified atom stereocenters. The van der Waals surface area contributed by atoms with Crippen LogP contribution in [0.2, 0.25) is 0 Å². The van der Waals surface area contributed by atoms with Crippen LogP contribution in [0.25, 0.3) is 0 Å². The molecule has 2 aromatic rings. The lowest BCUT2D eigenvalue weighted by molar-refractivity contribution is -0.140. The second-order valence-electron chi connectivity index (χ2n) is 7.12. The Hall–Kier alpha value is -3.06. The molecule has 0 amide bonds. The summed E-state index contributed by atoms with van der Waals surface area (Å²) in [6.07, 6.45) is 0.900. The number of hydrogen-bond donors (Lipinski definition) is 2. The van der Waals surface area contributed by atoms with Crippen molar-refractivity contribution in [2.75, 3.05) is 13.2 Å². The molecule has 7 heteroatoms. The zero-order valence-corrected chi connectivity index (χ0v) is 18.9. The fraction of sp³-hybridized carbons (Fsp3) is 0.333. The highest BCUT2D eigenvalue weighted by atomic mass is 32.1. The first-order valence-electron chi connectivity index (χ1n) is 10.4. The lowest BCUT2D eigenvalue weighted by Gasteiger charge is -2.30. The minimum Gasteiger partial charge on any atom is -0.490 e. The number of carbonyl (C=O) groups is 1. The number of thiocarbonyl (C=S) groups is 1. The smallest absolute Gasteiger partial charge is 0.338 e. The van der Waals surface area contributed by atoms with Crippen molar-refractivity contribution in [2.45, 2.75) is 39.8 Å². The third kappa shape index (κ3) is 5.76. The number of nitrogens with one attached hydrogen (secondary N) is 2. The fourth-order valence-corrected chi connectivity index (χ4v) is 3.59. The molecule has 0 aromatic heterocycles. The number of hydrogen-bond acceptors (Lipinski definition) is 5. The first kappa shape index (κ1) is 22.6. The molecule has 3 rings (SSSR count). The minimum absolute atomic E-state index is 0.196. The Kier molecular flexibility index (Phi) is 7.89. The van der Waals surface area contributed by atoms with Crippen molar-refractivity contribution >= 4 is 23.3 Å². The molecule has 164 valence electrons. The van der Waals surface area contributed by atoms with E-state index in [9.17, 15) is 4.79 Å². The first-order chi connectivity index (χ1) is 15.0. The third-order valence-corrected chi connectivity index (χ3v) is 4.98. The van der Waals surface area contributed by atoms with Crippen molar-refractivity contribution in [3.63, 3.8) is 0 Å². The number of esters is 1. The Morgan fingerprint density at radius 2 is 1.84 bits per heavy atom. The third-order valence-electron chi connectivity index (χ3n) is 4.76. The monoisotopic (exact) mass is 440 g/mol. The second-order valence-corrected chi connectivity index (χ2v) is 7.53. The van der Waals surface area contributed by atoms with Gasteiger partial charge in [-0.2, -0.15) is 0 Å². The largest absolute Gasteiger partial charge is 0.490 e. The summed E-state index contributed by atoms with van der Waals surface area (Å²) in [5.74, 6) is 0.908. The van der Waals surface area contributed by atoms with E-state index < -0.39 is 12.0 Å². The van der Waals surface area contributed by atoms with Crippen LogP contribution in [0, 0.1) is 0 Å². The highest BCUT2D eigenvalue weighted by Gasteiger charge is 2.31. The average molecular weight is 441 g/mol. The van der Waals surface area contributed by atoms with Crippen LogP contribution < -0.4 is 20.1 Å². The van der Waals surface area contributed by atoms with Crippen LogP contribution in [-0.4, -0.2) is 24.3 Å². The van der Waals surface area contributed by atoms with E-state index in [4.69, 9.17) is 26.4 Å². The van der Waals surface area contributed by atoms with Crippen LogP contribution in [0.3, 0.4) is 0 Å². The van der Waals surface area contributed by atoms with Crippen molar-refractivity contribution in [3.8, 4) is 11.5 Å². The van der Waals surface area contributed by atoms with E-state index >= 15 is 0 Å². The van der Waals surface area contributed by atoms with Gasteiger partial charge in [-0.15, -0.1) is 0 Å². The van der Waals surface area contributed by atoms with Gasteiger partial charge in [-0.05, 0) is 55.7 Å². The van der Waals surface area contributed by atoms with Crippen molar-refractivity contribution in [1.82, 2.24) is 10.6 Å². The highest BCUT2D eigenvalue weighted by molar-refractivity contribution is 7.80. The lowest BCUT2D eigenvalue weighted by atomic mass is 9.95. The number of benzene rings is 2. The van der Waals surface area contributed by atoms with Gasteiger partial charge < -0.3 is 24.8 Å². The molecule has 31 heavy (non-hydrogen) atoms. The number of allylic oxidation sites excluding steroid dienone is 1. The number of carbonyl (C=O) groups excluding carboxylic acids is 1. The average Bonchev–Trinajstić information content (AvgIpc) is 2.77. The van der Waals surface area contributed by atoms with Crippen LogP contribution >= 0.6 is 12.2 Å². The molecule has 0 radical (unpaired) electrons. The molecule has 0 bridgehead atoms. The summed E-state index contributed by atoms with van der Waals surface area (Å²) in [5.41, 5.74) is 2.90. The highest BCUT2D eigenvalue weighted by Crippen LogP contribution is 2.35. The zero-order valence-electron chi connectivity index (χ0n) is 18.1. The number of rotatable bonds is 9. The predicted molar refractivity (Wildman–Crippen MR) is 124 cm³/mol. The molecule has 1 heterocycles. The van der Waals surface area contributed by atoms with Crippen LogP contribution in [0.5, 0.6) is 11.5 Å². The summed E-state index contributed by atoms with van der Waals surface area (Å²) in [4.78, 5) is 13.0. The molecule has 2 aromatic carbocycles. The van der Waals surface area contributed by atoms with Gasteiger partial charge in [0.1, 0.15) is 6.61 Å². The summed E-state index contributed by atoms with van der Waals surface area (Å²) < 4.78 is 17.2. The quantitative estimate of drug-likeness (QED) is 0.442. The van der Waals surface area contributed by atoms with E-state index in [0.29, 0.717) is 41.1 Å². The van der Waals surface area contributed by atoms with E-state index in [1.54, 1.807) is 0 Å². The van der Waals surface area contributed by atoms with E-state index in [0.717, 1.165) is 17.5 Å². The van der Waals surface area contributed by atoms with Crippen molar-refractivity contribution in [3.05, 3.63) is 70.9 Å². The molecule has 1 atom stereocenters. The summed E-state index contributed by atoms with van der Waals surface area (Å²) >= 11 is 5.34. The molecule has 1 aliphatic heterocycles. The van der Waals surface area contributed by atoms with Crippen molar-refractivity contribution < 1.29 is 19.0 Å². The molecule has 0 spiro atoms. The maximum atomic E-state index is 13.0. The maximum Gasteiger partial charge on any atom is 0.338 e. The molecule has 2 N–H and O–H groups in total. The van der Waals surface area contributed by atoms with Gasteiger partial charge in [0.05, 0.1) is 24.8 Å². The molecule has 0 aliphatic carbocycles. The van der Waals surface area contributed by atoms with Crippen molar-refractivity contribution in [1.29, 1.82) is 0 Å². The standard InChI is InChI=1S/C24H28N2O4S/c1-4-13-29-19-12-11-18(14-20(19)28-5-2)22-21(16(3)25-24(31)26-22)23(27)30-15-17-9-7-6-8-10-17/h6-12,14,22H,4-5,13,15H2,1-3H3,(H2,25,26,31)/t22-/m1/s1. The summed E-state index contributed by atoms with van der Waals surface area (Å²) in [7, 11) is 0. The summed E-state index contributed by atoms with van der Waals surface area (Å²) in [6, 6.07) is 14.8. The van der Waals surface area contributed by atoms with E-state index in [1.165, 1.54) is 0 Å². The molecular weight excluding hydrogens is 412 g/mol. The van der Waals surface area contributed by atoms with Crippen molar-refractivity contribution in [2.24, 2.45) is 0 Å². The fourth-order valence-electron chi connectivity index (χ4n) is 3.32. The van der Waals surface area contributed by atoms with Gasteiger partial charge in [0.25, 0.3) is 0 Å². The van der Waals surface area contributed by atoms with Gasteiger partial charge in [-0.25, -0.2) is 4.79 Å². The van der Waals surface area contributed by atoms with Crippen LogP contribution in [0.15, 0.2) is 59.8 Å². The Bertz CT molecular complexity index is 959. The van der Waals surface area contributed by atoms with Gasteiger partial charge in [0.15, 0.2) is 16.6 Å². The lowest BCUT2D eigenvalue weighted by Crippen LogP contribution is -2.45. The van der Waals surface area contributed by atoms with Gasteiger partial charge in [-0.3, -0.25) is 0 Å². The second kappa shape index (κ2) is 10.8. The van der Waals surface area contributed by atoms with Gasteiger partial charge >= 0.3 is 5.97 Å². The van der Waals surface area contributed by atoms with E-state index in [2.05, 4.69) is 17.6 Å². The molecule has 0 saturated heterocycles. The molecule has 0 saturated carbocycles. The summed E-state index contributed by atoms with van der Waals surface area (Å²) in [6.45, 7) is 7.10. The molecule has 6 nitrogen and oxygen atoms in total. The maximum absolute atomic E-state index is 13.0. The number of ether oxygens (including phenoxy) is 3. The molecule has 1 aliphatic rings. The Balaban J connectivity index is 1.88. The Morgan fingerprint density at radius 1 is 1.06 bits per heavy atom. The van der Waals surface area contributed by atoms with Gasteiger partial charge in [-0.1, -0.05) is 43.3 Å². The van der Waals surface area contributed by atoms with Gasteiger partial charge in [0.2, 0.25) is 0 Å². The minimum atomic E-state index is -0.462. The molecular formula is C24H28N2O4S. The topological polar surface area (TPSA) is 68.8 Å². The summed E-state index contributed by atoms with van der Waals surface area (Å²) in [5, 5.41) is 6.67. The van der Waals surface area contributed by atoms with Crippen LogP contribution in [0.1, 0.15) is 44.4 Å². The predicted octanol–water partition coefficient (Wildman–Crippen LogP) is 4.41. The molecule has 0 fully saturated rings. The van der Waals surface area contributed by atoms with E-state index in [-0.39, 0.29) is 6.61 Å². The zero-order chi connectivity index (χ0) is 22.2. The Labute approximate surface area is 188 Å². The van der Waals surface area contributed by atoms with Gasteiger partial charge in [0, 0.05) is 5.70 Å². The first-order valence-corrected chi connectivity index (χ1v) is 10.8. The SMILES string of the molecule is CCCOc1ccc([C@H]2NC(=S)NC(C)=C2C(=O)OCc2ccccc2)cc1OCC. The van der Waals surface area contributed by atoms with Crippen LogP contribution in [0.4, 0.5) is 0 Å². The Morgan fingerprint density at radius 3 is 2.55 bits per heavy atom. The van der Waals surface area contributed by atoms with Crippen LogP contribution in [-0.2, 0) is 16.1 Å². The van der Waals surface area contributed by atoms with E-state index in [1.807, 2.05) is 62.4 Å². The normalized spacial score (nSPS) is 15.7.